The largest absolute Gasteiger partial charge is 0.385 e. The van der Waals surface area contributed by atoms with Crippen molar-refractivity contribution in [1.29, 1.82) is 0 Å². The summed E-state index contributed by atoms with van der Waals surface area (Å²) in [5.41, 5.74) is 0. The first-order chi connectivity index (χ1) is 12.2. The minimum Gasteiger partial charge on any atom is -0.385 e. The highest BCUT2D eigenvalue weighted by Gasteiger charge is 2.20. The second kappa shape index (κ2) is 14.0. The smallest absolute Gasteiger partial charge is 0.191 e. The van der Waals surface area contributed by atoms with Crippen LogP contribution in [0.5, 0.6) is 0 Å². The normalized spacial score (nSPS) is 25.6. The molecule has 1 heterocycles. The SMILES string of the molecule is CN=C(NCCC1CCCC(C)C1)NC1CCN(CCCOC)CC1.I. The fraction of sp³-hybridized carbons (Fsp3) is 0.950. The molecule has 2 rings (SSSR count). The van der Waals surface area contributed by atoms with Gasteiger partial charge in [0, 0.05) is 53.0 Å². The zero-order valence-corrected chi connectivity index (χ0v) is 19.5. The second-order valence-electron chi connectivity index (χ2n) is 8.03. The van der Waals surface area contributed by atoms with Crippen molar-refractivity contribution in [2.45, 2.75) is 64.3 Å². The van der Waals surface area contributed by atoms with Gasteiger partial charge in [0.2, 0.25) is 0 Å². The number of guanidine groups is 1. The van der Waals surface area contributed by atoms with Crippen molar-refractivity contribution in [2.75, 3.05) is 46.9 Å². The van der Waals surface area contributed by atoms with Crippen LogP contribution in [-0.4, -0.2) is 63.8 Å². The Morgan fingerprint density at radius 2 is 1.96 bits per heavy atom. The van der Waals surface area contributed by atoms with Gasteiger partial charge in [0.1, 0.15) is 0 Å². The first-order valence-corrected chi connectivity index (χ1v) is 10.4. The maximum atomic E-state index is 5.15. The Kier molecular flexibility index (Phi) is 12.9. The number of methoxy groups -OCH3 is 1. The van der Waals surface area contributed by atoms with E-state index in [0.717, 1.165) is 43.9 Å². The van der Waals surface area contributed by atoms with E-state index in [4.69, 9.17) is 4.74 Å². The summed E-state index contributed by atoms with van der Waals surface area (Å²) in [4.78, 5) is 6.98. The molecule has 5 nitrogen and oxygen atoms in total. The lowest BCUT2D eigenvalue weighted by Crippen LogP contribution is -2.49. The molecule has 0 amide bonds. The molecule has 0 aromatic rings. The summed E-state index contributed by atoms with van der Waals surface area (Å²) in [7, 11) is 3.67. The number of nitrogens with one attached hydrogen (secondary N) is 2. The molecule has 0 radical (unpaired) electrons. The molecule has 6 heteroatoms. The van der Waals surface area contributed by atoms with E-state index < -0.39 is 0 Å². The topological polar surface area (TPSA) is 48.9 Å². The molecular formula is C20H41IN4O. The molecule has 1 aliphatic heterocycles. The van der Waals surface area contributed by atoms with Crippen LogP contribution in [0.4, 0.5) is 0 Å². The van der Waals surface area contributed by atoms with Crippen LogP contribution in [0.25, 0.3) is 0 Å². The van der Waals surface area contributed by atoms with Crippen LogP contribution in [0.1, 0.15) is 58.3 Å². The molecule has 2 atom stereocenters. The van der Waals surface area contributed by atoms with Crippen LogP contribution < -0.4 is 10.6 Å². The number of nitrogens with zero attached hydrogens (tertiary/aromatic N) is 2. The Balaban J connectivity index is 0.00000338. The molecule has 154 valence electrons. The number of rotatable bonds is 8. The van der Waals surface area contributed by atoms with Crippen molar-refractivity contribution in [3.63, 3.8) is 0 Å². The van der Waals surface area contributed by atoms with Crippen LogP contribution >= 0.6 is 24.0 Å². The Bertz CT molecular complexity index is 386. The van der Waals surface area contributed by atoms with Crippen LogP contribution in [0.2, 0.25) is 0 Å². The van der Waals surface area contributed by atoms with E-state index >= 15 is 0 Å². The van der Waals surface area contributed by atoms with E-state index in [-0.39, 0.29) is 24.0 Å². The van der Waals surface area contributed by atoms with Crippen molar-refractivity contribution in [1.82, 2.24) is 15.5 Å². The molecule has 1 saturated carbocycles. The quantitative estimate of drug-likeness (QED) is 0.242. The third-order valence-electron chi connectivity index (χ3n) is 5.86. The number of aliphatic imine (C=N–C) groups is 1. The predicted octanol–water partition coefficient (Wildman–Crippen LogP) is 3.49. The second-order valence-corrected chi connectivity index (χ2v) is 8.03. The van der Waals surface area contributed by atoms with Gasteiger partial charge in [0.15, 0.2) is 5.96 Å². The molecule has 2 fully saturated rings. The van der Waals surface area contributed by atoms with Crippen molar-refractivity contribution in [2.24, 2.45) is 16.8 Å². The zero-order chi connectivity index (χ0) is 17.9. The van der Waals surface area contributed by atoms with Crippen molar-refractivity contribution < 1.29 is 4.74 Å². The summed E-state index contributed by atoms with van der Waals surface area (Å²) >= 11 is 0. The highest BCUT2D eigenvalue weighted by Crippen LogP contribution is 2.30. The number of hydrogen-bond acceptors (Lipinski definition) is 3. The molecule has 1 aliphatic carbocycles. The fourth-order valence-corrected chi connectivity index (χ4v) is 4.34. The van der Waals surface area contributed by atoms with Crippen molar-refractivity contribution in [3.8, 4) is 0 Å². The van der Waals surface area contributed by atoms with Gasteiger partial charge < -0.3 is 20.3 Å². The third-order valence-corrected chi connectivity index (χ3v) is 5.86. The Morgan fingerprint density at radius 1 is 1.19 bits per heavy atom. The average molecular weight is 480 g/mol. The third kappa shape index (κ3) is 9.22. The summed E-state index contributed by atoms with van der Waals surface area (Å²) < 4.78 is 5.15. The number of likely N-dealkylation sites (tertiary alicyclic amines) is 1. The predicted molar refractivity (Wildman–Crippen MR) is 122 cm³/mol. The van der Waals surface area contributed by atoms with Gasteiger partial charge in [-0.3, -0.25) is 4.99 Å². The van der Waals surface area contributed by atoms with Crippen molar-refractivity contribution in [3.05, 3.63) is 0 Å². The lowest BCUT2D eigenvalue weighted by atomic mass is 9.81. The van der Waals surface area contributed by atoms with Gasteiger partial charge in [-0.25, -0.2) is 0 Å². The summed E-state index contributed by atoms with van der Waals surface area (Å²) in [6.45, 7) is 7.84. The van der Waals surface area contributed by atoms with E-state index in [0.29, 0.717) is 6.04 Å². The van der Waals surface area contributed by atoms with Gasteiger partial charge >= 0.3 is 0 Å². The summed E-state index contributed by atoms with van der Waals surface area (Å²) in [5, 5.41) is 7.17. The average Bonchev–Trinajstić information content (AvgIpc) is 2.62. The Labute approximate surface area is 178 Å². The molecule has 0 spiro atoms. The molecule has 2 aliphatic rings. The number of hydrogen-bond donors (Lipinski definition) is 2. The molecule has 0 bridgehead atoms. The molecule has 2 N–H and O–H groups in total. The maximum Gasteiger partial charge on any atom is 0.191 e. The van der Waals surface area contributed by atoms with Crippen LogP contribution in [0.3, 0.4) is 0 Å². The van der Waals surface area contributed by atoms with Gasteiger partial charge in [0.05, 0.1) is 0 Å². The van der Waals surface area contributed by atoms with E-state index in [1.165, 1.54) is 58.0 Å². The van der Waals surface area contributed by atoms with Crippen LogP contribution in [0, 0.1) is 11.8 Å². The highest BCUT2D eigenvalue weighted by atomic mass is 127. The zero-order valence-electron chi connectivity index (χ0n) is 17.1. The number of ether oxygens (including phenoxy) is 1. The highest BCUT2D eigenvalue weighted by molar-refractivity contribution is 14.0. The van der Waals surface area contributed by atoms with Gasteiger partial charge in [-0.05, 0) is 43.9 Å². The number of piperidine rings is 1. The van der Waals surface area contributed by atoms with E-state index in [9.17, 15) is 0 Å². The van der Waals surface area contributed by atoms with E-state index in [1.807, 2.05) is 7.05 Å². The monoisotopic (exact) mass is 480 g/mol. The fourth-order valence-electron chi connectivity index (χ4n) is 4.34. The van der Waals surface area contributed by atoms with Gasteiger partial charge in [-0.1, -0.05) is 26.2 Å². The minimum atomic E-state index is 0. The standard InChI is InChI=1S/C20H40N4O.HI/c1-17-6-4-7-18(16-17)8-11-22-20(21-2)23-19-9-13-24(14-10-19)12-5-15-25-3;/h17-19H,4-16H2,1-3H3,(H2,21,22,23);1H. The lowest BCUT2D eigenvalue weighted by Gasteiger charge is -2.33. The first-order valence-electron chi connectivity index (χ1n) is 10.4. The minimum absolute atomic E-state index is 0. The maximum absolute atomic E-state index is 5.15. The summed E-state index contributed by atoms with van der Waals surface area (Å²) in [6, 6.07) is 0.555. The first kappa shape index (κ1) is 24.0. The van der Waals surface area contributed by atoms with Crippen molar-refractivity contribution >= 4 is 29.9 Å². The Hall–Kier alpha value is -0.0800. The van der Waals surface area contributed by atoms with Gasteiger partial charge in [-0.15, -0.1) is 24.0 Å². The molecule has 26 heavy (non-hydrogen) atoms. The lowest BCUT2D eigenvalue weighted by molar-refractivity contribution is 0.155. The Morgan fingerprint density at radius 3 is 2.62 bits per heavy atom. The van der Waals surface area contributed by atoms with E-state index in [1.54, 1.807) is 7.11 Å². The molecule has 0 aromatic carbocycles. The summed E-state index contributed by atoms with van der Waals surface area (Å²) in [6.07, 6.45) is 10.5. The molecule has 0 aromatic heterocycles. The van der Waals surface area contributed by atoms with Gasteiger partial charge in [-0.2, -0.15) is 0 Å². The summed E-state index contributed by atoms with van der Waals surface area (Å²) in [5.74, 6) is 2.82. The van der Waals surface area contributed by atoms with Gasteiger partial charge in [0.25, 0.3) is 0 Å². The molecule has 1 saturated heterocycles. The van der Waals surface area contributed by atoms with E-state index in [2.05, 4.69) is 27.4 Å². The number of halogens is 1. The van der Waals surface area contributed by atoms with Crippen LogP contribution in [-0.2, 0) is 4.74 Å². The van der Waals surface area contributed by atoms with Crippen LogP contribution in [0.15, 0.2) is 4.99 Å². The molecule has 2 unspecified atom stereocenters. The molecular weight excluding hydrogens is 439 g/mol.